The summed E-state index contributed by atoms with van der Waals surface area (Å²) in [6.45, 7) is 3.46. The number of aromatic nitrogens is 4. The maximum atomic E-state index is 12.2. The first-order valence-corrected chi connectivity index (χ1v) is 12.3. The van der Waals surface area contributed by atoms with Crippen molar-refractivity contribution < 1.29 is 4.79 Å². The summed E-state index contributed by atoms with van der Waals surface area (Å²) < 4.78 is 0. The van der Waals surface area contributed by atoms with E-state index in [1.54, 1.807) is 12.4 Å². The largest absolute Gasteiger partial charge is 0.352 e. The summed E-state index contributed by atoms with van der Waals surface area (Å²) in [6, 6.07) is 14.6. The average Bonchev–Trinajstić information content (AvgIpc) is 3.73. The van der Waals surface area contributed by atoms with Crippen molar-refractivity contribution in [1.82, 2.24) is 19.9 Å². The van der Waals surface area contributed by atoms with Gasteiger partial charge in [-0.1, -0.05) is 30.3 Å². The lowest BCUT2D eigenvalue weighted by molar-refractivity contribution is -0.118. The third-order valence-corrected chi connectivity index (χ3v) is 6.91. The Morgan fingerprint density at radius 2 is 1.54 bits per heavy atom. The zero-order valence-electron chi connectivity index (χ0n) is 19.7. The number of carbonyl (C=O) groups excluding carboxylic acids is 1. The molecule has 1 saturated heterocycles. The number of ketones is 1. The van der Waals surface area contributed by atoms with Crippen LogP contribution in [0.15, 0.2) is 67.3 Å². The summed E-state index contributed by atoms with van der Waals surface area (Å²) in [6.07, 6.45) is 10.8. The van der Waals surface area contributed by atoms with E-state index in [0.29, 0.717) is 18.1 Å². The normalized spacial score (nSPS) is 16.0. The molecule has 0 spiro atoms. The minimum atomic E-state index is 0.353. The van der Waals surface area contributed by atoms with E-state index in [9.17, 15) is 4.79 Å². The van der Waals surface area contributed by atoms with E-state index in [4.69, 9.17) is 4.98 Å². The molecule has 7 heteroatoms. The number of carbonyl (C=O) groups is 1. The number of nitrogens with zero attached hydrogens (tertiary/aromatic N) is 6. The van der Waals surface area contributed by atoms with E-state index in [2.05, 4.69) is 61.1 Å². The van der Waals surface area contributed by atoms with Crippen molar-refractivity contribution in [3.63, 3.8) is 0 Å². The molecule has 2 aromatic carbocycles. The lowest BCUT2D eigenvalue weighted by Gasteiger charge is -2.35. The number of benzene rings is 2. The molecule has 2 aliphatic rings. The molecule has 0 N–H and O–H groups in total. The summed E-state index contributed by atoms with van der Waals surface area (Å²) in [4.78, 5) is 34.9. The fourth-order valence-corrected chi connectivity index (χ4v) is 4.71. The molecule has 176 valence electrons. The highest BCUT2D eigenvalue weighted by Gasteiger charge is 2.24. The van der Waals surface area contributed by atoms with Crippen molar-refractivity contribution in [2.24, 2.45) is 5.92 Å². The van der Waals surface area contributed by atoms with Crippen LogP contribution in [0.2, 0.25) is 0 Å². The Bertz CT molecular complexity index is 1330. The van der Waals surface area contributed by atoms with Gasteiger partial charge < -0.3 is 9.80 Å². The standard InChI is InChI=1S/C28H28N6O/c35-24(15-20-1-2-20)16-21-3-5-22(6-4-21)23-7-8-25-26(17-23)32-28(19-31-25)34-13-11-33(12-14-34)27-18-29-9-10-30-27/h3-10,17-20H,1-2,11-16H2. The van der Waals surface area contributed by atoms with Crippen LogP contribution < -0.4 is 9.80 Å². The van der Waals surface area contributed by atoms with E-state index in [0.717, 1.165) is 72.0 Å². The van der Waals surface area contributed by atoms with Gasteiger partial charge in [-0.3, -0.25) is 14.8 Å². The fourth-order valence-electron chi connectivity index (χ4n) is 4.71. The molecule has 0 unspecified atom stereocenters. The van der Waals surface area contributed by atoms with Gasteiger partial charge in [-0.15, -0.1) is 0 Å². The Balaban J connectivity index is 1.15. The zero-order chi connectivity index (χ0) is 23.6. The van der Waals surface area contributed by atoms with E-state index in [1.165, 1.54) is 12.8 Å². The molecule has 0 atom stereocenters. The predicted molar refractivity (Wildman–Crippen MR) is 137 cm³/mol. The third kappa shape index (κ3) is 4.99. The molecule has 2 fully saturated rings. The van der Waals surface area contributed by atoms with Gasteiger partial charge in [0.15, 0.2) is 0 Å². The van der Waals surface area contributed by atoms with Gasteiger partial charge in [0, 0.05) is 51.4 Å². The highest BCUT2D eigenvalue weighted by Crippen LogP contribution is 2.33. The summed E-state index contributed by atoms with van der Waals surface area (Å²) >= 11 is 0. The van der Waals surface area contributed by atoms with Crippen molar-refractivity contribution in [3.8, 4) is 11.1 Å². The Labute approximate surface area is 204 Å². The summed E-state index contributed by atoms with van der Waals surface area (Å²) in [5, 5.41) is 0. The van der Waals surface area contributed by atoms with Crippen molar-refractivity contribution in [2.45, 2.75) is 25.7 Å². The molecule has 7 nitrogen and oxygen atoms in total. The topological polar surface area (TPSA) is 75.1 Å². The molecule has 0 bridgehead atoms. The Kier molecular flexibility index (Phi) is 5.82. The first-order chi connectivity index (χ1) is 17.2. The van der Waals surface area contributed by atoms with Crippen LogP contribution in [0, 0.1) is 5.92 Å². The molecule has 1 aliphatic carbocycles. The van der Waals surface area contributed by atoms with Crippen LogP contribution in [-0.4, -0.2) is 51.9 Å². The van der Waals surface area contributed by atoms with Crippen LogP contribution >= 0.6 is 0 Å². The van der Waals surface area contributed by atoms with E-state index in [1.807, 2.05) is 18.5 Å². The number of hydrogen-bond acceptors (Lipinski definition) is 7. The van der Waals surface area contributed by atoms with Gasteiger partial charge in [0.1, 0.15) is 17.4 Å². The molecule has 6 rings (SSSR count). The van der Waals surface area contributed by atoms with Crippen LogP contribution in [0.3, 0.4) is 0 Å². The Hall–Kier alpha value is -3.87. The van der Waals surface area contributed by atoms with E-state index < -0.39 is 0 Å². The van der Waals surface area contributed by atoms with Crippen LogP contribution in [0.1, 0.15) is 24.8 Å². The van der Waals surface area contributed by atoms with Crippen molar-refractivity contribution in [1.29, 1.82) is 0 Å². The molecular formula is C28H28N6O. The van der Waals surface area contributed by atoms with Crippen molar-refractivity contribution in [3.05, 3.63) is 72.8 Å². The molecule has 1 aliphatic heterocycles. The number of piperazine rings is 1. The van der Waals surface area contributed by atoms with Gasteiger partial charge in [-0.25, -0.2) is 9.97 Å². The summed E-state index contributed by atoms with van der Waals surface area (Å²) in [5.41, 5.74) is 5.09. The molecule has 0 amide bonds. The number of Topliss-reactive ketones (excluding diaryl/α,β-unsaturated/α-hetero) is 1. The molecular weight excluding hydrogens is 436 g/mol. The molecule has 0 radical (unpaired) electrons. The molecule has 1 saturated carbocycles. The van der Waals surface area contributed by atoms with Gasteiger partial charge in [0.25, 0.3) is 0 Å². The van der Waals surface area contributed by atoms with Gasteiger partial charge in [0.05, 0.1) is 23.4 Å². The van der Waals surface area contributed by atoms with Gasteiger partial charge >= 0.3 is 0 Å². The van der Waals surface area contributed by atoms with Gasteiger partial charge in [-0.05, 0) is 47.6 Å². The fraction of sp³-hybridized carbons (Fsp3) is 0.321. The third-order valence-electron chi connectivity index (χ3n) is 6.91. The maximum Gasteiger partial charge on any atom is 0.147 e. The first kappa shape index (κ1) is 21.6. The van der Waals surface area contributed by atoms with E-state index >= 15 is 0 Å². The second-order valence-corrected chi connectivity index (χ2v) is 9.53. The summed E-state index contributed by atoms with van der Waals surface area (Å²) in [5.74, 6) is 2.82. The van der Waals surface area contributed by atoms with E-state index in [-0.39, 0.29) is 0 Å². The molecule has 35 heavy (non-hydrogen) atoms. The van der Waals surface area contributed by atoms with Crippen LogP contribution in [0.5, 0.6) is 0 Å². The highest BCUT2D eigenvalue weighted by molar-refractivity contribution is 5.83. The second kappa shape index (κ2) is 9.41. The van der Waals surface area contributed by atoms with Crippen molar-refractivity contribution in [2.75, 3.05) is 36.0 Å². The summed E-state index contributed by atoms with van der Waals surface area (Å²) in [7, 11) is 0. The Morgan fingerprint density at radius 1 is 0.800 bits per heavy atom. The predicted octanol–water partition coefficient (Wildman–Crippen LogP) is 4.33. The Morgan fingerprint density at radius 3 is 2.26 bits per heavy atom. The SMILES string of the molecule is O=C(Cc1ccc(-c2ccc3ncc(N4CCN(c5cnccn5)CC4)nc3c2)cc1)CC1CC1. The molecule has 3 heterocycles. The van der Waals surface area contributed by atoms with Gasteiger partial charge in [-0.2, -0.15) is 0 Å². The molecule has 2 aromatic heterocycles. The molecule has 4 aromatic rings. The van der Waals surface area contributed by atoms with Crippen LogP contribution in [-0.2, 0) is 11.2 Å². The smallest absolute Gasteiger partial charge is 0.147 e. The minimum Gasteiger partial charge on any atom is -0.352 e. The van der Waals surface area contributed by atoms with Crippen molar-refractivity contribution >= 4 is 28.5 Å². The van der Waals surface area contributed by atoms with Gasteiger partial charge in [0.2, 0.25) is 0 Å². The average molecular weight is 465 g/mol. The minimum absolute atomic E-state index is 0.353. The second-order valence-electron chi connectivity index (χ2n) is 9.53. The van der Waals surface area contributed by atoms with Crippen LogP contribution in [0.4, 0.5) is 11.6 Å². The lowest BCUT2D eigenvalue weighted by atomic mass is 10.00. The van der Waals surface area contributed by atoms with Crippen LogP contribution in [0.25, 0.3) is 22.2 Å². The quantitative estimate of drug-likeness (QED) is 0.403. The number of rotatable bonds is 7. The zero-order valence-corrected chi connectivity index (χ0v) is 19.7. The highest BCUT2D eigenvalue weighted by atomic mass is 16.1. The first-order valence-electron chi connectivity index (χ1n) is 12.3. The maximum absolute atomic E-state index is 12.2. The monoisotopic (exact) mass is 464 g/mol. The lowest BCUT2D eigenvalue weighted by Crippen LogP contribution is -2.47. The number of anilines is 2. The number of hydrogen-bond donors (Lipinski definition) is 0. The number of fused-ring (bicyclic) bond motifs is 1.